The average molecular weight is 222 g/mol. The molecule has 1 atom stereocenters. The molecule has 0 saturated heterocycles. The number of fused-ring (bicyclic) bond motifs is 1. The molecule has 1 N–H and O–H groups in total. The molecule has 1 aliphatic rings. The van der Waals surface area contributed by atoms with E-state index in [0.29, 0.717) is 12.5 Å². The van der Waals surface area contributed by atoms with Crippen LogP contribution >= 0.6 is 0 Å². The molecule has 88 valence electrons. The Morgan fingerprint density at radius 3 is 3.06 bits per heavy atom. The van der Waals surface area contributed by atoms with Gasteiger partial charge in [0.1, 0.15) is 0 Å². The van der Waals surface area contributed by atoms with Gasteiger partial charge in [-0.1, -0.05) is 13.8 Å². The third-order valence-electron chi connectivity index (χ3n) is 3.13. The van der Waals surface area contributed by atoms with Crippen LogP contribution in [-0.2, 0) is 24.2 Å². The quantitative estimate of drug-likeness (QED) is 0.847. The van der Waals surface area contributed by atoms with Gasteiger partial charge in [0.2, 0.25) is 0 Å². The van der Waals surface area contributed by atoms with E-state index in [-0.39, 0.29) is 5.92 Å². The summed E-state index contributed by atoms with van der Waals surface area (Å²) in [7, 11) is 0. The molecule has 1 aliphatic heterocycles. The molecule has 0 fully saturated rings. The van der Waals surface area contributed by atoms with Gasteiger partial charge in [0.15, 0.2) is 0 Å². The Balaban J connectivity index is 2.17. The van der Waals surface area contributed by atoms with Crippen LogP contribution in [0.5, 0.6) is 0 Å². The van der Waals surface area contributed by atoms with Crippen molar-refractivity contribution in [2.45, 2.75) is 39.7 Å². The predicted octanol–water partition coefficient (Wildman–Crippen LogP) is 1.73. The molecule has 1 aromatic heterocycles. The van der Waals surface area contributed by atoms with Gasteiger partial charge in [0, 0.05) is 12.2 Å². The third kappa shape index (κ3) is 2.10. The van der Waals surface area contributed by atoms with Crippen molar-refractivity contribution in [2.75, 3.05) is 0 Å². The molecule has 1 aromatic rings. The summed E-state index contributed by atoms with van der Waals surface area (Å²) in [6.07, 6.45) is 4.37. The minimum Gasteiger partial charge on any atom is -0.481 e. The molecular weight excluding hydrogens is 204 g/mol. The van der Waals surface area contributed by atoms with Crippen LogP contribution in [-0.4, -0.2) is 20.6 Å². The number of hydrogen-bond donors (Lipinski definition) is 1. The first kappa shape index (κ1) is 11.2. The van der Waals surface area contributed by atoms with E-state index in [9.17, 15) is 4.79 Å². The normalized spacial score (nSPS) is 19.8. The molecule has 0 bridgehead atoms. The molecule has 2 rings (SSSR count). The van der Waals surface area contributed by atoms with E-state index in [4.69, 9.17) is 5.11 Å². The van der Waals surface area contributed by atoms with Crippen LogP contribution in [0.2, 0.25) is 0 Å². The van der Waals surface area contributed by atoms with Crippen molar-refractivity contribution >= 4 is 5.97 Å². The molecule has 2 heterocycles. The maximum absolute atomic E-state index is 10.9. The summed E-state index contributed by atoms with van der Waals surface area (Å²) < 4.78 is 2.01. The average Bonchev–Trinajstić information content (AvgIpc) is 2.60. The second kappa shape index (κ2) is 4.28. The fraction of sp³-hybridized carbons (Fsp3) is 0.667. The van der Waals surface area contributed by atoms with Gasteiger partial charge in [0.05, 0.1) is 17.9 Å². The van der Waals surface area contributed by atoms with Gasteiger partial charge >= 0.3 is 5.97 Å². The molecule has 0 radical (unpaired) electrons. The van der Waals surface area contributed by atoms with Crippen LogP contribution in [0.25, 0.3) is 0 Å². The summed E-state index contributed by atoms with van der Waals surface area (Å²) in [5.41, 5.74) is 2.39. The molecule has 0 aliphatic carbocycles. The lowest BCUT2D eigenvalue weighted by molar-refractivity contribution is -0.142. The summed E-state index contributed by atoms with van der Waals surface area (Å²) in [6, 6.07) is 0. The van der Waals surface area contributed by atoms with Crippen LogP contribution in [0.15, 0.2) is 6.33 Å². The second-order valence-electron chi connectivity index (χ2n) is 4.96. The van der Waals surface area contributed by atoms with Crippen molar-refractivity contribution in [1.82, 2.24) is 9.55 Å². The van der Waals surface area contributed by atoms with E-state index in [1.807, 2.05) is 4.57 Å². The smallest absolute Gasteiger partial charge is 0.308 e. The number of aromatic nitrogens is 2. The first-order valence-corrected chi connectivity index (χ1v) is 5.83. The van der Waals surface area contributed by atoms with Crippen molar-refractivity contribution in [3.05, 3.63) is 17.7 Å². The highest BCUT2D eigenvalue weighted by molar-refractivity contribution is 5.70. The number of carboxylic acids is 1. The van der Waals surface area contributed by atoms with E-state index >= 15 is 0 Å². The molecular formula is C12H18N2O2. The van der Waals surface area contributed by atoms with E-state index in [1.165, 1.54) is 5.69 Å². The highest BCUT2D eigenvalue weighted by atomic mass is 16.4. The van der Waals surface area contributed by atoms with E-state index < -0.39 is 5.97 Å². The molecule has 4 heteroatoms. The Kier molecular flexibility index (Phi) is 2.99. The first-order valence-electron chi connectivity index (χ1n) is 5.83. The Bertz CT molecular complexity index is 396. The van der Waals surface area contributed by atoms with E-state index in [2.05, 4.69) is 18.8 Å². The Morgan fingerprint density at radius 2 is 2.44 bits per heavy atom. The number of nitrogens with zero attached hydrogens (tertiary/aromatic N) is 2. The maximum Gasteiger partial charge on any atom is 0.308 e. The number of carboxylic acid groups (broad SMARTS) is 1. The van der Waals surface area contributed by atoms with Crippen molar-refractivity contribution in [1.29, 1.82) is 0 Å². The molecule has 0 aromatic carbocycles. The molecule has 16 heavy (non-hydrogen) atoms. The van der Waals surface area contributed by atoms with Gasteiger partial charge < -0.3 is 9.67 Å². The van der Waals surface area contributed by atoms with Gasteiger partial charge in [-0.2, -0.15) is 0 Å². The number of imidazole rings is 1. The Morgan fingerprint density at radius 1 is 1.69 bits per heavy atom. The summed E-state index contributed by atoms with van der Waals surface area (Å²) in [6.45, 7) is 4.93. The zero-order chi connectivity index (χ0) is 11.7. The minimum absolute atomic E-state index is 0.242. The molecule has 0 saturated carbocycles. The number of carbonyl (C=O) groups is 1. The van der Waals surface area contributed by atoms with E-state index in [0.717, 1.165) is 25.0 Å². The lowest BCUT2D eigenvalue weighted by Crippen LogP contribution is -2.26. The van der Waals surface area contributed by atoms with E-state index in [1.54, 1.807) is 6.33 Å². The van der Waals surface area contributed by atoms with Crippen LogP contribution in [0.1, 0.15) is 31.7 Å². The maximum atomic E-state index is 10.9. The van der Waals surface area contributed by atoms with Crippen LogP contribution in [0, 0.1) is 11.8 Å². The lowest BCUT2D eigenvalue weighted by Gasteiger charge is -2.21. The zero-order valence-corrected chi connectivity index (χ0v) is 9.81. The van der Waals surface area contributed by atoms with Gasteiger partial charge in [0.25, 0.3) is 0 Å². The lowest BCUT2D eigenvalue weighted by atomic mass is 9.95. The number of hydrogen-bond acceptors (Lipinski definition) is 2. The molecule has 0 amide bonds. The molecule has 4 nitrogen and oxygen atoms in total. The largest absolute Gasteiger partial charge is 0.481 e. The Hall–Kier alpha value is -1.32. The summed E-state index contributed by atoms with van der Waals surface area (Å²) in [4.78, 5) is 15.3. The van der Waals surface area contributed by atoms with Gasteiger partial charge in [-0.05, 0) is 25.2 Å². The predicted molar refractivity (Wildman–Crippen MR) is 60.2 cm³/mol. The highest BCUT2D eigenvalue weighted by Crippen LogP contribution is 2.23. The summed E-state index contributed by atoms with van der Waals surface area (Å²) in [5, 5.41) is 8.98. The monoisotopic (exact) mass is 222 g/mol. The van der Waals surface area contributed by atoms with Crippen molar-refractivity contribution in [3.63, 3.8) is 0 Å². The standard InChI is InChI=1S/C12H18N2O2/c1-8(2)5-10-11-4-3-9(12(15)16)6-14(11)7-13-10/h7-9H,3-6H2,1-2H3,(H,15,16). The minimum atomic E-state index is -0.690. The van der Waals surface area contributed by atoms with Crippen LogP contribution in [0.4, 0.5) is 0 Å². The van der Waals surface area contributed by atoms with Gasteiger partial charge in [-0.25, -0.2) is 4.98 Å². The number of rotatable bonds is 3. The summed E-state index contributed by atoms with van der Waals surface area (Å²) >= 11 is 0. The second-order valence-corrected chi connectivity index (χ2v) is 4.96. The van der Waals surface area contributed by atoms with Crippen LogP contribution in [0.3, 0.4) is 0 Å². The first-order chi connectivity index (χ1) is 7.58. The van der Waals surface area contributed by atoms with Crippen LogP contribution < -0.4 is 0 Å². The number of aliphatic carboxylic acids is 1. The SMILES string of the molecule is CC(C)Cc1ncn2c1CCC(C(=O)O)C2. The molecule has 1 unspecified atom stereocenters. The molecule has 0 spiro atoms. The fourth-order valence-electron chi connectivity index (χ4n) is 2.29. The van der Waals surface area contributed by atoms with Gasteiger partial charge in [-0.15, -0.1) is 0 Å². The van der Waals surface area contributed by atoms with Gasteiger partial charge in [-0.3, -0.25) is 4.79 Å². The zero-order valence-electron chi connectivity index (χ0n) is 9.81. The summed E-state index contributed by atoms with van der Waals surface area (Å²) in [5.74, 6) is -0.338. The topological polar surface area (TPSA) is 55.1 Å². The highest BCUT2D eigenvalue weighted by Gasteiger charge is 2.26. The van der Waals surface area contributed by atoms with Crippen molar-refractivity contribution in [3.8, 4) is 0 Å². The van der Waals surface area contributed by atoms with Crippen molar-refractivity contribution in [2.24, 2.45) is 11.8 Å². The van der Waals surface area contributed by atoms with Crippen molar-refractivity contribution < 1.29 is 9.90 Å². The fourth-order valence-corrected chi connectivity index (χ4v) is 2.29. The Labute approximate surface area is 95.3 Å². The third-order valence-corrected chi connectivity index (χ3v) is 3.13.